The zero-order valence-electron chi connectivity index (χ0n) is 28.2. The van der Waals surface area contributed by atoms with E-state index in [0.29, 0.717) is 44.5 Å². The Kier molecular flexibility index (Phi) is 5.07. The summed E-state index contributed by atoms with van der Waals surface area (Å²) >= 11 is 0. The molecule has 16 bridgehead atoms. The van der Waals surface area contributed by atoms with Gasteiger partial charge in [0, 0.05) is 44.5 Å². The topological polar surface area (TPSA) is 245 Å². The fourth-order valence-corrected chi connectivity index (χ4v) is 10.2. The maximum Gasteiger partial charge on any atom is 0.210 e. The molecule has 0 saturated heterocycles. The SMILES string of the molecule is O=C1C(=O)C2C=CC1C1=C2c2nc1nc1nc(nc3[nH]c(nc4[nH]c(n2)c2c4C4C=CC2C(=O)C4=O)c2c3C3C=CC2C(=O)C3=O)C2=C1C1C=CC2C(=O)C1=O. The highest BCUT2D eigenvalue weighted by molar-refractivity contribution is 6.48. The molecule has 16 heteroatoms. The van der Waals surface area contributed by atoms with Crippen LogP contribution >= 0.6 is 0 Å². The minimum atomic E-state index is -1.03. The van der Waals surface area contributed by atoms with Crippen molar-refractivity contribution in [1.29, 1.82) is 0 Å². The fraction of sp³-hybridized carbons (Fsp3) is 0.200. The smallest absolute Gasteiger partial charge is 0.210 e. The lowest BCUT2D eigenvalue weighted by molar-refractivity contribution is -0.138. The molecule has 2 N–H and O–H groups in total. The molecule has 0 saturated carbocycles. The van der Waals surface area contributed by atoms with Crippen LogP contribution < -0.4 is 0 Å². The number of aromatic amines is 2. The molecule has 56 heavy (non-hydrogen) atoms. The third kappa shape index (κ3) is 3.26. The fourth-order valence-electron chi connectivity index (χ4n) is 10.2. The van der Waals surface area contributed by atoms with Crippen LogP contribution in [0.15, 0.2) is 48.6 Å². The van der Waals surface area contributed by atoms with E-state index in [1.165, 1.54) is 0 Å². The molecule has 3 aromatic rings. The van der Waals surface area contributed by atoms with Crippen LogP contribution in [0.4, 0.5) is 0 Å². The molecule has 0 aromatic carbocycles. The highest BCUT2D eigenvalue weighted by Gasteiger charge is 2.52. The second-order valence-electron chi connectivity index (χ2n) is 15.2. The van der Waals surface area contributed by atoms with Crippen LogP contribution in [0.25, 0.3) is 44.9 Å². The quantitative estimate of drug-likeness (QED) is 0.245. The van der Waals surface area contributed by atoms with Gasteiger partial charge in [-0.25, -0.2) is 29.9 Å². The lowest BCUT2D eigenvalue weighted by Gasteiger charge is -2.30. The van der Waals surface area contributed by atoms with Crippen molar-refractivity contribution in [2.45, 2.75) is 23.7 Å². The van der Waals surface area contributed by atoms with E-state index in [1.807, 2.05) is 0 Å². The number of nitrogens with one attached hydrogen (secondary N) is 2. The summed E-state index contributed by atoms with van der Waals surface area (Å²) < 4.78 is 0. The van der Waals surface area contributed by atoms with E-state index in [2.05, 4.69) is 9.97 Å². The molecule has 17 rings (SSSR count). The Labute approximate surface area is 310 Å². The maximum atomic E-state index is 13.3. The van der Waals surface area contributed by atoms with Crippen LogP contribution in [0, 0.1) is 23.7 Å². The van der Waals surface area contributed by atoms with Gasteiger partial charge in [-0.2, -0.15) is 0 Å². The third-order valence-electron chi connectivity index (χ3n) is 12.6. The van der Waals surface area contributed by atoms with Crippen molar-refractivity contribution in [3.63, 3.8) is 0 Å². The number of allylic oxidation sites excluding steroid dienone is 12. The van der Waals surface area contributed by atoms with Gasteiger partial charge in [0.1, 0.15) is 22.6 Å². The summed E-state index contributed by atoms with van der Waals surface area (Å²) in [6.45, 7) is 0. The Morgan fingerprint density at radius 1 is 0.286 bits per heavy atom. The number of hydrogen-bond donors (Lipinski definition) is 2. The molecule has 14 aliphatic rings. The number of H-pyrrole nitrogens is 2. The van der Waals surface area contributed by atoms with E-state index in [1.54, 1.807) is 48.6 Å². The second kappa shape index (κ2) is 9.46. The Morgan fingerprint density at radius 3 is 0.786 bits per heavy atom. The van der Waals surface area contributed by atoms with E-state index in [9.17, 15) is 38.4 Å². The van der Waals surface area contributed by atoms with Crippen molar-refractivity contribution < 1.29 is 38.4 Å². The number of carbonyl (C=O) groups excluding carboxylic acids is 8. The standard InChI is InChI=1S/C40H18N8O8/c49-25-9-1-2-10(26(25)50)18-17(9)33-41-34(18)46-36-21-13-5-6-14(30(54)29(13)53)22(21)38(43-36)48-40-24-16-8-7-15(31(55)32(16)56)23(24)39(44-40)47-37-20-12-4-3-11(27(51)28(12)52)19(20)35(42-37)45-33/h1-16H,(H2,41,42,43,44,45,46,47,48). The average molecular weight is 739 g/mol. The third-order valence-corrected chi connectivity index (χ3v) is 12.6. The van der Waals surface area contributed by atoms with Gasteiger partial charge < -0.3 is 9.97 Å². The van der Waals surface area contributed by atoms with Gasteiger partial charge in [-0.05, 0) is 0 Å². The summed E-state index contributed by atoms with van der Waals surface area (Å²) in [4.78, 5) is 142. The second-order valence-corrected chi connectivity index (χ2v) is 15.2. The van der Waals surface area contributed by atoms with Gasteiger partial charge in [-0.1, -0.05) is 48.6 Å². The predicted octanol–water partition coefficient (Wildman–Crippen LogP) is 1.40. The van der Waals surface area contributed by atoms with E-state index in [-0.39, 0.29) is 45.9 Å². The lowest BCUT2D eigenvalue weighted by atomic mass is 9.70. The minimum absolute atomic E-state index is 0.0196. The summed E-state index contributed by atoms with van der Waals surface area (Å²) in [6, 6.07) is 0. The van der Waals surface area contributed by atoms with E-state index in [4.69, 9.17) is 29.9 Å². The number of Topliss-reactive ketones (excluding diaryl/α,β-unsaturated/α-hetero) is 8. The number of ketones is 8. The molecule has 0 fully saturated rings. The van der Waals surface area contributed by atoms with Crippen LogP contribution in [0.2, 0.25) is 0 Å². The normalized spacial score (nSPS) is 30.7. The van der Waals surface area contributed by atoms with Crippen molar-refractivity contribution in [3.05, 3.63) is 94.2 Å². The number of aromatic nitrogens is 8. The first-order chi connectivity index (χ1) is 27.1. The molecule has 16 nitrogen and oxygen atoms in total. The van der Waals surface area contributed by atoms with Gasteiger partial charge in [0.2, 0.25) is 46.3 Å². The molecule has 8 unspecified atom stereocenters. The largest absolute Gasteiger partial charge is 0.324 e. The summed E-state index contributed by atoms with van der Waals surface area (Å²) in [6.07, 6.45) is 13.0. The van der Waals surface area contributed by atoms with Gasteiger partial charge in [0.05, 0.1) is 47.3 Å². The Morgan fingerprint density at radius 2 is 0.500 bits per heavy atom. The van der Waals surface area contributed by atoms with Gasteiger partial charge in [0.25, 0.3) is 0 Å². The average Bonchev–Trinajstić information content (AvgIpc) is 3.96. The molecule has 12 aliphatic carbocycles. The number of nitrogens with zero attached hydrogens (tertiary/aromatic N) is 6. The highest BCUT2D eigenvalue weighted by Crippen LogP contribution is 2.52. The molecule has 5 heterocycles. The highest BCUT2D eigenvalue weighted by atomic mass is 16.2. The summed E-state index contributed by atoms with van der Waals surface area (Å²) in [5, 5.41) is 0. The molecule has 0 radical (unpaired) electrons. The summed E-state index contributed by atoms with van der Waals surface area (Å²) in [7, 11) is 0. The molecule has 8 atom stereocenters. The van der Waals surface area contributed by atoms with Crippen molar-refractivity contribution in [3.8, 4) is 0 Å². The first kappa shape index (κ1) is 30.0. The maximum absolute atomic E-state index is 13.3. The van der Waals surface area contributed by atoms with Crippen LogP contribution in [0.3, 0.4) is 0 Å². The first-order valence-electron chi connectivity index (χ1n) is 17.9. The van der Waals surface area contributed by atoms with Crippen LogP contribution in [-0.2, 0) is 38.4 Å². The Bertz CT molecular complexity index is 2950. The van der Waals surface area contributed by atoms with Crippen LogP contribution in [0.1, 0.15) is 69.2 Å². The first-order valence-corrected chi connectivity index (χ1v) is 17.9. The molecular formula is C40H18N8O8. The summed E-state index contributed by atoms with van der Waals surface area (Å²) in [5.41, 5.74) is 3.51. The van der Waals surface area contributed by atoms with E-state index in [0.717, 1.165) is 0 Å². The predicted molar refractivity (Wildman–Crippen MR) is 187 cm³/mol. The zero-order chi connectivity index (χ0) is 37.8. The number of hydrogen-bond acceptors (Lipinski definition) is 14. The zero-order valence-corrected chi connectivity index (χ0v) is 28.2. The molecule has 2 aliphatic heterocycles. The van der Waals surface area contributed by atoms with Crippen LogP contribution in [0.5, 0.6) is 0 Å². The Balaban J connectivity index is 1.21. The Hall–Kier alpha value is -7.36. The van der Waals surface area contributed by atoms with Gasteiger partial charge in [-0.3, -0.25) is 38.4 Å². The van der Waals surface area contributed by atoms with Crippen molar-refractivity contribution in [2.24, 2.45) is 23.7 Å². The van der Waals surface area contributed by atoms with Crippen molar-refractivity contribution in [2.75, 3.05) is 0 Å². The van der Waals surface area contributed by atoms with Crippen LogP contribution in [-0.4, -0.2) is 86.1 Å². The molecular weight excluding hydrogens is 720 g/mol. The van der Waals surface area contributed by atoms with Crippen molar-refractivity contribution in [1.82, 2.24) is 39.9 Å². The number of carbonyl (C=O) groups is 8. The number of rotatable bonds is 0. The molecule has 0 spiro atoms. The van der Waals surface area contributed by atoms with E-state index < -0.39 is 93.6 Å². The van der Waals surface area contributed by atoms with Gasteiger partial charge in [-0.15, -0.1) is 0 Å². The minimum Gasteiger partial charge on any atom is -0.324 e. The van der Waals surface area contributed by atoms with Gasteiger partial charge >= 0.3 is 0 Å². The molecule has 266 valence electrons. The lowest BCUT2D eigenvalue weighted by Crippen LogP contribution is -2.38. The van der Waals surface area contributed by atoms with Gasteiger partial charge in [0.15, 0.2) is 23.3 Å². The summed E-state index contributed by atoms with van der Waals surface area (Å²) in [5.74, 6) is -13.0. The van der Waals surface area contributed by atoms with E-state index >= 15 is 0 Å². The molecule has 0 amide bonds. The molecule has 3 aromatic heterocycles. The van der Waals surface area contributed by atoms with Crippen molar-refractivity contribution >= 4 is 91.1 Å². The number of fused-ring (bicyclic) bond motifs is 12. The monoisotopic (exact) mass is 738 g/mol.